The molecule has 0 heterocycles. The average Bonchev–Trinajstić information content (AvgIpc) is 2.10. The Morgan fingerprint density at radius 3 is 2.47 bits per heavy atom. The van der Waals surface area contributed by atoms with Crippen molar-refractivity contribution in [1.29, 1.82) is 0 Å². The fourth-order valence-electron chi connectivity index (χ4n) is 0.929. The first kappa shape index (κ1) is 12.5. The Labute approximate surface area is 102 Å². The summed E-state index contributed by atoms with van der Waals surface area (Å²) in [4.78, 5) is 10.2. The smallest absolute Gasteiger partial charge is 0.313 e. The molecule has 2 N–H and O–H groups in total. The molecule has 6 heteroatoms. The van der Waals surface area contributed by atoms with Crippen molar-refractivity contribution in [2.45, 2.75) is 0 Å². The van der Waals surface area contributed by atoms with Crippen LogP contribution in [0, 0.1) is 0 Å². The molecule has 0 radical (unpaired) electrons. The van der Waals surface area contributed by atoms with E-state index in [1.807, 2.05) is 0 Å². The van der Waals surface area contributed by atoms with Crippen LogP contribution in [0.4, 0.5) is 5.69 Å². The van der Waals surface area contributed by atoms with Crippen molar-refractivity contribution < 1.29 is 9.90 Å². The van der Waals surface area contributed by atoms with Crippen molar-refractivity contribution >= 4 is 46.6 Å². The lowest BCUT2D eigenvalue weighted by Gasteiger charge is -2.06. The molecule has 0 aliphatic heterocycles. The molecule has 1 rings (SSSR count). The summed E-state index contributed by atoms with van der Waals surface area (Å²) in [6.45, 7) is 0. The highest BCUT2D eigenvalue weighted by molar-refractivity contribution is 8.00. The molecule has 0 aromatic heterocycles. The lowest BCUT2D eigenvalue weighted by atomic mass is 10.3. The standard InChI is InChI=1S/C9H9Cl2NO2S/c10-6-1-7(11)3-8(2-6)12-5-15-4-9(13)14/h1-3,12H,4-5H2,(H,13,14). The van der Waals surface area contributed by atoms with Gasteiger partial charge in [0.2, 0.25) is 0 Å². The fraction of sp³-hybridized carbons (Fsp3) is 0.222. The van der Waals surface area contributed by atoms with E-state index in [2.05, 4.69) is 5.32 Å². The van der Waals surface area contributed by atoms with E-state index in [4.69, 9.17) is 28.3 Å². The van der Waals surface area contributed by atoms with Crippen LogP contribution in [0.15, 0.2) is 18.2 Å². The predicted molar refractivity (Wildman–Crippen MR) is 65.0 cm³/mol. The molecule has 0 unspecified atom stereocenters. The monoisotopic (exact) mass is 265 g/mol. The highest BCUT2D eigenvalue weighted by Crippen LogP contribution is 2.22. The van der Waals surface area contributed by atoms with E-state index in [9.17, 15) is 4.79 Å². The molecule has 0 saturated heterocycles. The minimum atomic E-state index is -0.828. The van der Waals surface area contributed by atoms with Gasteiger partial charge in [-0.05, 0) is 18.2 Å². The Morgan fingerprint density at radius 2 is 1.93 bits per heavy atom. The zero-order valence-electron chi connectivity index (χ0n) is 7.67. The second kappa shape index (κ2) is 6.10. The summed E-state index contributed by atoms with van der Waals surface area (Å²) < 4.78 is 0. The Balaban J connectivity index is 2.40. The Kier molecular flexibility index (Phi) is 5.08. The van der Waals surface area contributed by atoms with Gasteiger partial charge in [-0.25, -0.2) is 0 Å². The third-order valence-corrected chi connectivity index (χ3v) is 2.70. The molecule has 1 aromatic carbocycles. The quantitative estimate of drug-likeness (QED) is 0.634. The number of halogens is 2. The molecule has 82 valence electrons. The zero-order valence-corrected chi connectivity index (χ0v) is 9.99. The van der Waals surface area contributed by atoms with Gasteiger partial charge in [0.15, 0.2) is 0 Å². The summed E-state index contributed by atoms with van der Waals surface area (Å²) in [6, 6.07) is 5.10. The molecule has 15 heavy (non-hydrogen) atoms. The predicted octanol–water partition coefficient (Wildman–Crippen LogP) is 3.18. The van der Waals surface area contributed by atoms with Gasteiger partial charge < -0.3 is 10.4 Å². The van der Waals surface area contributed by atoms with Gasteiger partial charge >= 0.3 is 5.97 Å². The van der Waals surface area contributed by atoms with Gasteiger partial charge in [0.25, 0.3) is 0 Å². The molecular formula is C9H9Cl2NO2S. The summed E-state index contributed by atoms with van der Waals surface area (Å²) in [5, 5.41) is 12.5. The minimum Gasteiger partial charge on any atom is -0.481 e. The minimum absolute atomic E-state index is 0.0707. The summed E-state index contributed by atoms with van der Waals surface area (Å²) >= 11 is 12.8. The maximum atomic E-state index is 10.2. The Hall–Kier alpha value is -0.580. The van der Waals surface area contributed by atoms with E-state index in [1.165, 1.54) is 11.8 Å². The van der Waals surface area contributed by atoms with Crippen LogP contribution >= 0.6 is 35.0 Å². The van der Waals surface area contributed by atoms with Crippen LogP contribution in [0.1, 0.15) is 0 Å². The maximum absolute atomic E-state index is 10.2. The number of nitrogens with one attached hydrogen (secondary N) is 1. The van der Waals surface area contributed by atoms with Crippen LogP contribution in [0.2, 0.25) is 10.0 Å². The Bertz CT molecular complexity index is 340. The number of aliphatic carboxylic acids is 1. The third-order valence-electron chi connectivity index (χ3n) is 1.47. The van der Waals surface area contributed by atoms with Crippen LogP contribution < -0.4 is 5.32 Å². The molecule has 0 amide bonds. The van der Waals surface area contributed by atoms with Gasteiger partial charge in [-0.3, -0.25) is 4.79 Å². The lowest BCUT2D eigenvalue weighted by Crippen LogP contribution is -2.03. The fourth-order valence-corrected chi connectivity index (χ4v) is 2.00. The van der Waals surface area contributed by atoms with Gasteiger partial charge in [-0.1, -0.05) is 23.2 Å². The van der Waals surface area contributed by atoms with E-state index in [0.29, 0.717) is 15.9 Å². The van der Waals surface area contributed by atoms with Crippen molar-refractivity contribution in [3.63, 3.8) is 0 Å². The molecule has 0 spiro atoms. The van der Waals surface area contributed by atoms with Crippen LogP contribution in [0.3, 0.4) is 0 Å². The van der Waals surface area contributed by atoms with E-state index >= 15 is 0 Å². The summed E-state index contributed by atoms with van der Waals surface area (Å²) in [6.07, 6.45) is 0. The summed E-state index contributed by atoms with van der Waals surface area (Å²) in [5.41, 5.74) is 0.783. The number of carbonyl (C=O) groups is 1. The molecule has 0 fully saturated rings. The number of rotatable bonds is 5. The van der Waals surface area contributed by atoms with E-state index < -0.39 is 5.97 Å². The number of hydrogen-bond acceptors (Lipinski definition) is 3. The van der Waals surface area contributed by atoms with Crippen molar-refractivity contribution in [1.82, 2.24) is 0 Å². The number of anilines is 1. The first-order valence-electron chi connectivity index (χ1n) is 4.07. The highest BCUT2D eigenvalue weighted by Gasteiger charge is 1.99. The van der Waals surface area contributed by atoms with Gasteiger partial charge in [0, 0.05) is 15.7 Å². The number of benzene rings is 1. The molecular weight excluding hydrogens is 257 g/mol. The maximum Gasteiger partial charge on any atom is 0.313 e. The first-order valence-corrected chi connectivity index (χ1v) is 5.98. The summed E-state index contributed by atoms with van der Waals surface area (Å²) in [7, 11) is 0. The molecule has 0 bridgehead atoms. The van der Waals surface area contributed by atoms with Crippen LogP contribution in [0.5, 0.6) is 0 Å². The number of thioether (sulfide) groups is 1. The molecule has 3 nitrogen and oxygen atoms in total. The molecule has 0 aliphatic rings. The normalized spacial score (nSPS) is 10.0. The zero-order chi connectivity index (χ0) is 11.3. The Morgan fingerprint density at radius 1 is 1.33 bits per heavy atom. The molecule has 0 aliphatic carbocycles. The van der Waals surface area contributed by atoms with Gasteiger partial charge in [-0.2, -0.15) is 0 Å². The molecule has 1 aromatic rings. The topological polar surface area (TPSA) is 49.3 Å². The molecule has 0 atom stereocenters. The van der Waals surface area contributed by atoms with Gasteiger partial charge in [0.05, 0.1) is 11.6 Å². The van der Waals surface area contributed by atoms with Gasteiger partial charge in [0.1, 0.15) is 0 Å². The van der Waals surface area contributed by atoms with Crippen LogP contribution in [-0.4, -0.2) is 22.7 Å². The van der Waals surface area contributed by atoms with E-state index in [0.717, 1.165) is 5.69 Å². The number of carboxylic acid groups (broad SMARTS) is 1. The second-order valence-corrected chi connectivity index (χ2v) is 4.58. The number of hydrogen-bond donors (Lipinski definition) is 2. The van der Waals surface area contributed by atoms with E-state index in [1.54, 1.807) is 18.2 Å². The second-order valence-electron chi connectivity index (χ2n) is 2.72. The average molecular weight is 266 g/mol. The van der Waals surface area contributed by atoms with Crippen LogP contribution in [-0.2, 0) is 4.79 Å². The summed E-state index contributed by atoms with van der Waals surface area (Å²) in [5.74, 6) is -0.254. The van der Waals surface area contributed by atoms with Crippen LogP contribution in [0.25, 0.3) is 0 Å². The van der Waals surface area contributed by atoms with Gasteiger partial charge in [-0.15, -0.1) is 11.8 Å². The third kappa shape index (κ3) is 5.16. The van der Waals surface area contributed by atoms with Crippen molar-refractivity contribution in [3.8, 4) is 0 Å². The van der Waals surface area contributed by atoms with Crippen molar-refractivity contribution in [2.75, 3.05) is 16.9 Å². The molecule has 0 saturated carbocycles. The van der Waals surface area contributed by atoms with Crippen molar-refractivity contribution in [2.24, 2.45) is 0 Å². The first-order chi connectivity index (χ1) is 7.08. The number of carboxylic acids is 1. The largest absolute Gasteiger partial charge is 0.481 e. The lowest BCUT2D eigenvalue weighted by molar-refractivity contribution is -0.133. The van der Waals surface area contributed by atoms with E-state index in [-0.39, 0.29) is 5.75 Å². The SMILES string of the molecule is O=C(O)CSCNc1cc(Cl)cc(Cl)c1. The highest BCUT2D eigenvalue weighted by atomic mass is 35.5. The van der Waals surface area contributed by atoms with Crippen molar-refractivity contribution in [3.05, 3.63) is 28.2 Å².